The first-order valence-electron chi connectivity index (χ1n) is 7.81. The minimum Gasteiger partial charge on any atom is -0.369 e. The number of amides is 1. The van der Waals surface area contributed by atoms with Crippen LogP contribution in [-0.4, -0.2) is 15.5 Å². The molecule has 0 saturated carbocycles. The van der Waals surface area contributed by atoms with E-state index < -0.39 is 5.91 Å². The van der Waals surface area contributed by atoms with Gasteiger partial charge in [-0.1, -0.05) is 36.4 Å². The van der Waals surface area contributed by atoms with Gasteiger partial charge in [-0.3, -0.25) is 4.79 Å². The monoisotopic (exact) mass is 320 g/mol. The molecule has 1 aromatic heterocycles. The van der Waals surface area contributed by atoms with Crippen molar-refractivity contribution >= 4 is 28.5 Å². The molecule has 0 atom stereocenters. The van der Waals surface area contributed by atoms with Crippen molar-refractivity contribution < 1.29 is 4.79 Å². The summed E-state index contributed by atoms with van der Waals surface area (Å²) < 4.78 is 1.98. The molecule has 3 aromatic rings. The number of hydrogen-bond acceptors (Lipinski definition) is 3. The first kappa shape index (κ1) is 15.8. The first-order chi connectivity index (χ1) is 11.5. The first-order valence-corrected chi connectivity index (χ1v) is 7.81. The molecule has 1 heterocycles. The number of nitrogens with zero attached hydrogens (tertiary/aromatic N) is 2. The molecule has 4 N–H and O–H groups in total. The van der Waals surface area contributed by atoms with Crippen LogP contribution in [0.2, 0.25) is 0 Å². The van der Waals surface area contributed by atoms with Crippen molar-refractivity contribution in [2.45, 2.75) is 19.9 Å². The molecule has 1 amide bonds. The van der Waals surface area contributed by atoms with E-state index in [0.29, 0.717) is 5.95 Å². The Kier molecular flexibility index (Phi) is 4.08. The predicted molar refractivity (Wildman–Crippen MR) is 97.2 cm³/mol. The van der Waals surface area contributed by atoms with Crippen molar-refractivity contribution in [3.8, 4) is 0 Å². The van der Waals surface area contributed by atoms with E-state index in [4.69, 9.17) is 11.5 Å². The average molecular weight is 320 g/mol. The van der Waals surface area contributed by atoms with Gasteiger partial charge in [0.1, 0.15) is 0 Å². The minimum absolute atomic E-state index is 0.186. The lowest BCUT2D eigenvalue weighted by Gasteiger charge is -2.12. The Morgan fingerprint density at radius 1 is 1.12 bits per heavy atom. The smallest absolute Gasteiger partial charge is 0.242 e. The van der Waals surface area contributed by atoms with Crippen LogP contribution in [0.15, 0.2) is 54.6 Å². The Bertz CT molecular complexity index is 923. The minimum atomic E-state index is -0.481. The molecule has 0 unspecified atom stereocenters. The van der Waals surface area contributed by atoms with Gasteiger partial charge in [0.2, 0.25) is 11.9 Å². The second-order valence-corrected chi connectivity index (χ2v) is 5.96. The van der Waals surface area contributed by atoms with Gasteiger partial charge in [0.05, 0.1) is 11.0 Å². The Balaban J connectivity index is 2.22. The molecule has 0 spiro atoms. The summed E-state index contributed by atoms with van der Waals surface area (Å²) in [6.45, 7) is 4.11. The summed E-state index contributed by atoms with van der Waals surface area (Å²) in [5.74, 6) is 0.00289. The van der Waals surface area contributed by atoms with Crippen molar-refractivity contribution in [1.82, 2.24) is 9.55 Å². The molecule has 3 rings (SSSR count). The molecule has 5 heteroatoms. The third-order valence-electron chi connectivity index (χ3n) is 3.92. The van der Waals surface area contributed by atoms with Crippen molar-refractivity contribution in [2.75, 3.05) is 5.73 Å². The number of rotatable bonds is 4. The van der Waals surface area contributed by atoms with E-state index in [9.17, 15) is 4.79 Å². The lowest BCUT2D eigenvalue weighted by Crippen LogP contribution is -2.08. The molecule has 122 valence electrons. The third-order valence-corrected chi connectivity index (χ3v) is 3.92. The Labute approximate surface area is 140 Å². The molecular formula is C19H20N4O. The van der Waals surface area contributed by atoms with Gasteiger partial charge in [0, 0.05) is 12.1 Å². The highest BCUT2D eigenvalue weighted by molar-refractivity contribution is 5.99. The van der Waals surface area contributed by atoms with Gasteiger partial charge < -0.3 is 16.0 Å². The van der Waals surface area contributed by atoms with Crippen molar-refractivity contribution in [1.29, 1.82) is 0 Å². The van der Waals surface area contributed by atoms with Gasteiger partial charge in [0.25, 0.3) is 0 Å². The largest absolute Gasteiger partial charge is 0.369 e. The maximum atomic E-state index is 11.5. The second kappa shape index (κ2) is 6.20. The molecule has 2 aromatic carbocycles. The Morgan fingerprint density at radius 2 is 1.83 bits per heavy atom. The number of carbonyl (C=O) groups is 1. The highest BCUT2D eigenvalue weighted by Crippen LogP contribution is 2.29. The van der Waals surface area contributed by atoms with Crippen LogP contribution in [-0.2, 0) is 4.79 Å². The quantitative estimate of drug-likeness (QED) is 0.724. The van der Waals surface area contributed by atoms with E-state index >= 15 is 0 Å². The van der Waals surface area contributed by atoms with Crippen LogP contribution < -0.4 is 11.5 Å². The predicted octanol–water partition coefficient (Wildman–Crippen LogP) is 3.12. The van der Waals surface area contributed by atoms with Gasteiger partial charge in [-0.15, -0.1) is 0 Å². The summed E-state index contributed by atoms with van der Waals surface area (Å²) in [5, 5.41) is 0. The molecule has 0 fully saturated rings. The van der Waals surface area contributed by atoms with Crippen LogP contribution in [0.4, 0.5) is 5.95 Å². The summed E-state index contributed by atoms with van der Waals surface area (Å²) in [7, 11) is 0. The van der Waals surface area contributed by atoms with Crippen LogP contribution in [0.5, 0.6) is 0 Å². The van der Waals surface area contributed by atoms with Crippen molar-refractivity contribution in [3.05, 3.63) is 65.7 Å². The SMILES string of the molecule is CC(C)n1c(N)nc2ccc(C(=CC(N)=O)c3ccccc3)cc21. The number of carbonyl (C=O) groups excluding carboxylic acids is 1. The number of imidazole rings is 1. The van der Waals surface area contributed by atoms with E-state index in [-0.39, 0.29) is 6.04 Å². The number of primary amides is 1. The number of aromatic nitrogens is 2. The molecule has 0 bridgehead atoms. The van der Waals surface area contributed by atoms with Crippen LogP contribution in [0, 0.1) is 0 Å². The van der Waals surface area contributed by atoms with Gasteiger partial charge in [0.15, 0.2) is 0 Å². The van der Waals surface area contributed by atoms with E-state index in [2.05, 4.69) is 18.8 Å². The molecule has 0 aliphatic carbocycles. The van der Waals surface area contributed by atoms with Crippen LogP contribution in [0.1, 0.15) is 31.0 Å². The van der Waals surface area contributed by atoms with Crippen molar-refractivity contribution in [2.24, 2.45) is 5.73 Å². The van der Waals surface area contributed by atoms with Crippen molar-refractivity contribution in [3.63, 3.8) is 0 Å². The highest BCUT2D eigenvalue weighted by Gasteiger charge is 2.14. The standard InChI is InChI=1S/C19H20N4O/c1-12(2)23-17-10-14(8-9-16(17)22-19(23)21)15(11-18(20)24)13-6-4-3-5-7-13/h3-12H,1-2H3,(H2,20,24)(H2,21,22). The lowest BCUT2D eigenvalue weighted by atomic mass is 9.97. The van der Waals surface area contributed by atoms with Crippen LogP contribution in [0.3, 0.4) is 0 Å². The second-order valence-electron chi connectivity index (χ2n) is 5.96. The average Bonchev–Trinajstić information content (AvgIpc) is 2.88. The Hall–Kier alpha value is -3.08. The zero-order chi connectivity index (χ0) is 17.3. The van der Waals surface area contributed by atoms with Gasteiger partial charge in [-0.05, 0) is 42.7 Å². The Morgan fingerprint density at radius 3 is 2.46 bits per heavy atom. The summed E-state index contributed by atoms with van der Waals surface area (Å²) in [6, 6.07) is 15.7. The number of nitrogen functional groups attached to an aromatic ring is 1. The van der Waals surface area contributed by atoms with Gasteiger partial charge >= 0.3 is 0 Å². The van der Waals surface area contributed by atoms with Crippen LogP contribution in [0.25, 0.3) is 16.6 Å². The molecule has 0 aliphatic rings. The third kappa shape index (κ3) is 2.88. The normalized spacial score (nSPS) is 12.0. The summed E-state index contributed by atoms with van der Waals surface area (Å²) >= 11 is 0. The number of benzene rings is 2. The van der Waals surface area contributed by atoms with E-state index in [1.165, 1.54) is 6.08 Å². The number of anilines is 1. The maximum Gasteiger partial charge on any atom is 0.242 e. The topological polar surface area (TPSA) is 86.9 Å². The lowest BCUT2D eigenvalue weighted by molar-refractivity contribution is -0.113. The van der Waals surface area contributed by atoms with Gasteiger partial charge in [-0.2, -0.15) is 0 Å². The fourth-order valence-electron chi connectivity index (χ4n) is 2.92. The molecule has 24 heavy (non-hydrogen) atoms. The summed E-state index contributed by atoms with van der Waals surface area (Å²) in [5.41, 5.74) is 15.8. The number of fused-ring (bicyclic) bond motifs is 1. The maximum absolute atomic E-state index is 11.5. The highest BCUT2D eigenvalue weighted by atomic mass is 16.1. The fraction of sp³-hybridized carbons (Fsp3) is 0.158. The van der Waals surface area contributed by atoms with E-state index in [1.807, 2.05) is 53.1 Å². The molecule has 0 saturated heterocycles. The molecule has 0 aliphatic heterocycles. The molecular weight excluding hydrogens is 300 g/mol. The summed E-state index contributed by atoms with van der Waals surface area (Å²) in [6.07, 6.45) is 1.45. The zero-order valence-electron chi connectivity index (χ0n) is 13.7. The van der Waals surface area contributed by atoms with E-state index in [0.717, 1.165) is 27.7 Å². The summed E-state index contributed by atoms with van der Waals surface area (Å²) in [4.78, 5) is 15.9. The van der Waals surface area contributed by atoms with Gasteiger partial charge in [-0.25, -0.2) is 4.98 Å². The number of nitrogens with two attached hydrogens (primary N) is 2. The van der Waals surface area contributed by atoms with Crippen LogP contribution >= 0.6 is 0 Å². The fourth-order valence-corrected chi connectivity index (χ4v) is 2.92. The molecule has 5 nitrogen and oxygen atoms in total. The molecule has 0 radical (unpaired) electrons. The number of hydrogen-bond donors (Lipinski definition) is 2. The zero-order valence-corrected chi connectivity index (χ0v) is 13.7. The van der Waals surface area contributed by atoms with E-state index in [1.54, 1.807) is 0 Å².